The number of benzene rings is 1. The predicted molar refractivity (Wildman–Crippen MR) is 84.2 cm³/mol. The highest BCUT2D eigenvalue weighted by Crippen LogP contribution is 2.30. The molecule has 1 saturated heterocycles. The van der Waals surface area contributed by atoms with Gasteiger partial charge in [0.1, 0.15) is 0 Å². The second-order valence-corrected chi connectivity index (χ2v) is 5.97. The Morgan fingerprint density at radius 1 is 1.43 bits per heavy atom. The molecule has 1 fully saturated rings. The van der Waals surface area contributed by atoms with Crippen LogP contribution in [0.4, 0.5) is 5.69 Å². The van der Waals surface area contributed by atoms with Gasteiger partial charge in [0.05, 0.1) is 9.80 Å². The first-order valence-electron chi connectivity index (χ1n) is 6.27. The van der Waals surface area contributed by atoms with E-state index in [1.165, 1.54) is 23.5 Å². The van der Waals surface area contributed by atoms with E-state index in [0.29, 0.717) is 18.0 Å². The Kier molecular flexibility index (Phi) is 4.46. The molecule has 1 aliphatic rings. The van der Waals surface area contributed by atoms with Crippen LogP contribution in [0.2, 0.25) is 0 Å². The molecule has 0 unspecified atom stereocenters. The van der Waals surface area contributed by atoms with E-state index in [4.69, 9.17) is 5.73 Å². The van der Waals surface area contributed by atoms with Gasteiger partial charge in [-0.25, -0.2) is 0 Å². The van der Waals surface area contributed by atoms with Gasteiger partial charge in [0.15, 0.2) is 0 Å². The Balaban J connectivity index is 0.00000161. The molecule has 0 radical (unpaired) electrons. The van der Waals surface area contributed by atoms with E-state index in [1.54, 1.807) is 17.0 Å². The molecule has 0 saturated carbocycles. The van der Waals surface area contributed by atoms with Gasteiger partial charge in [-0.15, -0.1) is 23.7 Å². The second kappa shape index (κ2) is 5.97. The van der Waals surface area contributed by atoms with Gasteiger partial charge in [0, 0.05) is 41.4 Å². The van der Waals surface area contributed by atoms with Crippen LogP contribution in [-0.4, -0.2) is 34.9 Å². The van der Waals surface area contributed by atoms with Crippen molar-refractivity contribution in [3.8, 4) is 0 Å². The van der Waals surface area contributed by atoms with Crippen LogP contribution in [0.15, 0.2) is 24.3 Å². The Morgan fingerprint density at radius 2 is 2.19 bits per heavy atom. The zero-order valence-corrected chi connectivity index (χ0v) is 12.7. The van der Waals surface area contributed by atoms with Crippen LogP contribution in [0.25, 0.3) is 10.1 Å². The smallest absolute Gasteiger partial charge is 0.270 e. The quantitative estimate of drug-likeness (QED) is 0.677. The van der Waals surface area contributed by atoms with Crippen molar-refractivity contribution in [3.05, 3.63) is 39.3 Å². The van der Waals surface area contributed by atoms with Crippen LogP contribution in [0.3, 0.4) is 0 Å². The average Bonchev–Trinajstić information content (AvgIpc) is 3.02. The Labute approximate surface area is 131 Å². The number of rotatable bonds is 2. The standard InChI is InChI=1S/C13H13N3O3S.ClH/c14-9-3-4-15(7-9)13(17)12-6-8-5-10(16(18)19)1-2-11(8)20-12;/h1-2,5-6,9H,3-4,7,14H2;1H/t9-;/m1./s1. The van der Waals surface area contributed by atoms with Crippen LogP contribution >= 0.6 is 23.7 Å². The molecule has 2 aromatic rings. The zero-order chi connectivity index (χ0) is 14.3. The lowest BCUT2D eigenvalue weighted by atomic mass is 10.2. The third-order valence-electron chi connectivity index (χ3n) is 3.43. The van der Waals surface area contributed by atoms with Crippen LogP contribution in [0.1, 0.15) is 16.1 Å². The summed E-state index contributed by atoms with van der Waals surface area (Å²) in [6, 6.07) is 6.41. The lowest BCUT2D eigenvalue weighted by Gasteiger charge is -2.13. The van der Waals surface area contributed by atoms with Gasteiger partial charge in [-0.05, 0) is 18.6 Å². The normalized spacial score (nSPS) is 17.8. The molecule has 0 spiro atoms. The molecule has 2 heterocycles. The van der Waals surface area contributed by atoms with Gasteiger partial charge in [-0.3, -0.25) is 14.9 Å². The first kappa shape index (κ1) is 15.7. The number of non-ortho nitro benzene ring substituents is 1. The van der Waals surface area contributed by atoms with E-state index < -0.39 is 4.92 Å². The highest BCUT2D eigenvalue weighted by atomic mass is 35.5. The second-order valence-electron chi connectivity index (χ2n) is 4.89. The molecule has 21 heavy (non-hydrogen) atoms. The number of nitrogens with zero attached hydrogens (tertiary/aromatic N) is 2. The summed E-state index contributed by atoms with van der Waals surface area (Å²) in [5, 5.41) is 11.5. The summed E-state index contributed by atoms with van der Waals surface area (Å²) in [4.78, 5) is 25.0. The number of halogens is 1. The Bertz CT molecular complexity index is 703. The monoisotopic (exact) mass is 327 g/mol. The Hall–Kier alpha value is -1.70. The molecule has 6 nitrogen and oxygen atoms in total. The molecule has 0 bridgehead atoms. The molecule has 0 aliphatic carbocycles. The lowest BCUT2D eigenvalue weighted by molar-refractivity contribution is -0.384. The van der Waals surface area contributed by atoms with E-state index in [0.717, 1.165) is 16.5 Å². The van der Waals surface area contributed by atoms with Gasteiger partial charge in [-0.2, -0.15) is 0 Å². The number of carbonyl (C=O) groups is 1. The summed E-state index contributed by atoms with van der Waals surface area (Å²) in [6.07, 6.45) is 0.822. The molecular formula is C13H14ClN3O3S. The molecule has 1 aromatic heterocycles. The van der Waals surface area contributed by atoms with Gasteiger partial charge < -0.3 is 10.6 Å². The van der Waals surface area contributed by atoms with Crippen LogP contribution in [0, 0.1) is 10.1 Å². The molecule has 1 aromatic carbocycles. The molecule has 1 atom stereocenters. The van der Waals surface area contributed by atoms with E-state index >= 15 is 0 Å². The highest BCUT2D eigenvalue weighted by molar-refractivity contribution is 7.20. The van der Waals surface area contributed by atoms with Crippen molar-refractivity contribution in [2.45, 2.75) is 12.5 Å². The summed E-state index contributed by atoms with van der Waals surface area (Å²) in [7, 11) is 0. The molecule has 1 aliphatic heterocycles. The minimum absolute atomic E-state index is 0. The largest absolute Gasteiger partial charge is 0.336 e. The van der Waals surface area contributed by atoms with Crippen molar-refractivity contribution in [1.82, 2.24) is 4.90 Å². The molecule has 8 heteroatoms. The summed E-state index contributed by atoms with van der Waals surface area (Å²) in [5.41, 5.74) is 5.84. The van der Waals surface area contributed by atoms with E-state index in [-0.39, 0.29) is 30.0 Å². The van der Waals surface area contributed by atoms with Crippen molar-refractivity contribution in [2.75, 3.05) is 13.1 Å². The van der Waals surface area contributed by atoms with Gasteiger partial charge in [0.2, 0.25) is 0 Å². The first-order valence-corrected chi connectivity index (χ1v) is 7.09. The van der Waals surface area contributed by atoms with Crippen LogP contribution < -0.4 is 5.73 Å². The van der Waals surface area contributed by atoms with Gasteiger partial charge in [0.25, 0.3) is 11.6 Å². The van der Waals surface area contributed by atoms with Crippen molar-refractivity contribution in [3.63, 3.8) is 0 Å². The van der Waals surface area contributed by atoms with Crippen LogP contribution in [-0.2, 0) is 0 Å². The summed E-state index contributed by atoms with van der Waals surface area (Å²) < 4.78 is 0.877. The summed E-state index contributed by atoms with van der Waals surface area (Å²) >= 11 is 1.36. The number of nitrogens with two attached hydrogens (primary N) is 1. The number of fused-ring (bicyclic) bond motifs is 1. The fraction of sp³-hybridized carbons (Fsp3) is 0.308. The van der Waals surface area contributed by atoms with Crippen LogP contribution in [0.5, 0.6) is 0 Å². The number of thiophene rings is 1. The maximum atomic E-state index is 12.3. The topological polar surface area (TPSA) is 89.5 Å². The minimum atomic E-state index is -0.432. The van der Waals surface area contributed by atoms with Crippen molar-refractivity contribution in [2.24, 2.45) is 5.73 Å². The number of likely N-dealkylation sites (tertiary alicyclic amines) is 1. The van der Waals surface area contributed by atoms with Crippen molar-refractivity contribution >= 4 is 45.4 Å². The van der Waals surface area contributed by atoms with E-state index in [2.05, 4.69) is 0 Å². The SMILES string of the molecule is Cl.N[C@@H]1CCN(C(=O)c2cc3cc([N+](=O)[O-])ccc3s2)C1. The molecule has 1 amide bonds. The van der Waals surface area contributed by atoms with Gasteiger partial charge in [-0.1, -0.05) is 0 Å². The maximum Gasteiger partial charge on any atom is 0.270 e. The molecule has 112 valence electrons. The van der Waals surface area contributed by atoms with Crippen molar-refractivity contribution < 1.29 is 9.72 Å². The lowest BCUT2D eigenvalue weighted by Crippen LogP contribution is -2.31. The predicted octanol–water partition coefficient (Wildman–Crippen LogP) is 2.40. The minimum Gasteiger partial charge on any atom is -0.336 e. The van der Waals surface area contributed by atoms with Crippen molar-refractivity contribution in [1.29, 1.82) is 0 Å². The third kappa shape index (κ3) is 2.99. The molecular weight excluding hydrogens is 314 g/mol. The number of nitro benzene ring substituents is 1. The first-order chi connectivity index (χ1) is 9.54. The Morgan fingerprint density at radius 3 is 2.81 bits per heavy atom. The number of carbonyl (C=O) groups excluding carboxylic acids is 1. The highest BCUT2D eigenvalue weighted by Gasteiger charge is 2.25. The number of nitro groups is 1. The van der Waals surface area contributed by atoms with E-state index in [9.17, 15) is 14.9 Å². The summed E-state index contributed by atoms with van der Waals surface area (Å²) in [5.74, 6) is -0.0400. The zero-order valence-electron chi connectivity index (χ0n) is 11.0. The number of amides is 1. The maximum absolute atomic E-state index is 12.3. The summed E-state index contributed by atoms with van der Waals surface area (Å²) in [6.45, 7) is 1.25. The fourth-order valence-electron chi connectivity index (χ4n) is 2.38. The molecule has 2 N–H and O–H groups in total. The van der Waals surface area contributed by atoms with Gasteiger partial charge >= 0.3 is 0 Å². The average molecular weight is 328 g/mol. The molecule has 3 rings (SSSR count). The fourth-order valence-corrected chi connectivity index (χ4v) is 3.39. The number of hydrogen-bond acceptors (Lipinski definition) is 5. The third-order valence-corrected chi connectivity index (χ3v) is 4.54. The van der Waals surface area contributed by atoms with E-state index in [1.807, 2.05) is 0 Å². The number of hydrogen-bond donors (Lipinski definition) is 1.